The lowest BCUT2D eigenvalue weighted by molar-refractivity contribution is 0.0696. The number of halogens is 1. The molecule has 0 saturated heterocycles. The largest absolute Gasteiger partial charge is 0.478 e. The monoisotopic (exact) mass is 296 g/mol. The first-order valence-electron chi connectivity index (χ1n) is 5.68. The van der Waals surface area contributed by atoms with Crippen LogP contribution < -0.4 is 4.74 Å². The number of ether oxygens (including phenoxy) is 1. The molecule has 0 aliphatic heterocycles. The van der Waals surface area contributed by atoms with Crippen molar-refractivity contribution >= 4 is 29.1 Å². The standard InChI is InChI=1S/C12H9ClN2O3S/c13-9-4-3-7(5-8(9)11(16)17)18-12-14-10(15-19-12)6-1-2-6/h3-6H,1-2H2,(H,16,17). The van der Waals surface area contributed by atoms with Gasteiger partial charge in [-0.15, -0.1) is 0 Å². The number of nitrogens with zero attached hydrogens (tertiary/aromatic N) is 2. The Labute approximate surface area is 118 Å². The number of carbonyl (C=O) groups is 1. The number of carboxylic acids is 1. The summed E-state index contributed by atoms with van der Waals surface area (Å²) in [7, 11) is 0. The second-order valence-electron chi connectivity index (χ2n) is 4.24. The number of benzene rings is 1. The molecule has 0 amide bonds. The predicted molar refractivity (Wildman–Crippen MR) is 70.4 cm³/mol. The van der Waals surface area contributed by atoms with E-state index >= 15 is 0 Å². The van der Waals surface area contributed by atoms with Gasteiger partial charge < -0.3 is 9.84 Å². The summed E-state index contributed by atoms with van der Waals surface area (Å²) in [5.41, 5.74) is 0.00565. The van der Waals surface area contributed by atoms with Gasteiger partial charge in [-0.1, -0.05) is 11.6 Å². The Morgan fingerprint density at radius 3 is 2.95 bits per heavy atom. The Bertz CT molecular complexity index is 640. The highest BCUT2D eigenvalue weighted by Crippen LogP contribution is 2.40. The first-order chi connectivity index (χ1) is 9.13. The molecule has 5 nitrogen and oxygen atoms in total. The molecular weight excluding hydrogens is 288 g/mol. The average Bonchev–Trinajstić information content (AvgIpc) is 3.12. The van der Waals surface area contributed by atoms with Crippen LogP contribution in [-0.4, -0.2) is 20.4 Å². The van der Waals surface area contributed by atoms with Crippen molar-refractivity contribution < 1.29 is 14.6 Å². The van der Waals surface area contributed by atoms with Crippen LogP contribution in [0.2, 0.25) is 5.02 Å². The Morgan fingerprint density at radius 1 is 1.47 bits per heavy atom. The third-order valence-electron chi connectivity index (χ3n) is 2.74. The molecule has 7 heteroatoms. The zero-order valence-electron chi connectivity index (χ0n) is 9.67. The van der Waals surface area contributed by atoms with Gasteiger partial charge in [0.05, 0.1) is 10.6 Å². The summed E-state index contributed by atoms with van der Waals surface area (Å²) in [6.45, 7) is 0. The molecule has 1 aliphatic rings. The summed E-state index contributed by atoms with van der Waals surface area (Å²) in [4.78, 5) is 15.2. The average molecular weight is 297 g/mol. The maximum atomic E-state index is 11.0. The van der Waals surface area contributed by atoms with E-state index in [1.807, 2.05) is 0 Å². The molecule has 1 aliphatic carbocycles. The normalized spacial score (nSPS) is 14.4. The Morgan fingerprint density at radius 2 is 2.26 bits per heavy atom. The van der Waals surface area contributed by atoms with Gasteiger partial charge in [-0.25, -0.2) is 4.79 Å². The highest BCUT2D eigenvalue weighted by Gasteiger charge is 2.28. The van der Waals surface area contributed by atoms with Crippen LogP contribution in [0.4, 0.5) is 0 Å². The van der Waals surface area contributed by atoms with Gasteiger partial charge in [0.15, 0.2) is 0 Å². The minimum absolute atomic E-state index is 0.00565. The molecule has 19 heavy (non-hydrogen) atoms. The molecule has 1 heterocycles. The zero-order valence-corrected chi connectivity index (χ0v) is 11.2. The van der Waals surface area contributed by atoms with Gasteiger partial charge in [-0.2, -0.15) is 9.36 Å². The molecule has 0 atom stereocenters. The number of aromatic nitrogens is 2. The molecule has 1 aromatic carbocycles. The van der Waals surface area contributed by atoms with Crippen LogP contribution in [0.5, 0.6) is 10.9 Å². The van der Waals surface area contributed by atoms with Gasteiger partial charge in [0, 0.05) is 17.5 Å². The van der Waals surface area contributed by atoms with Crippen LogP contribution in [0.15, 0.2) is 18.2 Å². The van der Waals surface area contributed by atoms with Crippen molar-refractivity contribution in [3.8, 4) is 10.9 Å². The Kier molecular flexibility index (Phi) is 3.12. The summed E-state index contributed by atoms with van der Waals surface area (Å²) < 4.78 is 9.72. The molecule has 1 fully saturated rings. The number of carboxylic acid groups (broad SMARTS) is 1. The zero-order chi connectivity index (χ0) is 13.4. The van der Waals surface area contributed by atoms with Crippen molar-refractivity contribution in [1.29, 1.82) is 0 Å². The molecule has 1 saturated carbocycles. The van der Waals surface area contributed by atoms with Crippen LogP contribution in [0.25, 0.3) is 0 Å². The SMILES string of the molecule is O=C(O)c1cc(Oc2nc(C3CC3)ns2)ccc1Cl. The molecule has 98 valence electrons. The van der Waals surface area contributed by atoms with Crippen molar-refractivity contribution in [1.82, 2.24) is 9.36 Å². The fourth-order valence-corrected chi connectivity index (χ4v) is 2.43. The highest BCUT2D eigenvalue weighted by molar-refractivity contribution is 7.07. The molecular formula is C12H9ClN2O3S. The van der Waals surface area contributed by atoms with Crippen LogP contribution in [0.1, 0.15) is 34.9 Å². The van der Waals surface area contributed by atoms with E-state index in [2.05, 4.69) is 9.36 Å². The van der Waals surface area contributed by atoms with Crippen molar-refractivity contribution in [3.63, 3.8) is 0 Å². The summed E-state index contributed by atoms with van der Waals surface area (Å²) in [5.74, 6) is 0.576. The summed E-state index contributed by atoms with van der Waals surface area (Å²) in [6.07, 6.45) is 2.25. The highest BCUT2D eigenvalue weighted by atomic mass is 35.5. The van der Waals surface area contributed by atoms with Crippen molar-refractivity contribution in [2.75, 3.05) is 0 Å². The van der Waals surface area contributed by atoms with E-state index in [1.165, 1.54) is 23.7 Å². The summed E-state index contributed by atoms with van der Waals surface area (Å²) >= 11 is 6.95. The van der Waals surface area contributed by atoms with E-state index in [-0.39, 0.29) is 10.6 Å². The second kappa shape index (κ2) is 4.79. The molecule has 1 N–H and O–H groups in total. The third-order valence-corrected chi connectivity index (χ3v) is 3.68. The lowest BCUT2D eigenvalue weighted by Crippen LogP contribution is -1.97. The molecule has 0 unspecified atom stereocenters. The van der Waals surface area contributed by atoms with E-state index in [4.69, 9.17) is 21.4 Å². The minimum Gasteiger partial charge on any atom is -0.478 e. The number of hydrogen-bond acceptors (Lipinski definition) is 5. The van der Waals surface area contributed by atoms with Crippen molar-refractivity contribution in [3.05, 3.63) is 34.6 Å². The first-order valence-corrected chi connectivity index (χ1v) is 6.83. The topological polar surface area (TPSA) is 72.3 Å². The molecule has 2 aromatic rings. The maximum Gasteiger partial charge on any atom is 0.337 e. The fraction of sp³-hybridized carbons (Fsp3) is 0.250. The van der Waals surface area contributed by atoms with Crippen molar-refractivity contribution in [2.24, 2.45) is 0 Å². The molecule has 0 radical (unpaired) electrons. The number of hydrogen-bond donors (Lipinski definition) is 1. The lowest BCUT2D eigenvalue weighted by Gasteiger charge is -2.03. The maximum absolute atomic E-state index is 11.0. The molecule has 3 rings (SSSR count). The van der Waals surface area contributed by atoms with E-state index in [0.717, 1.165) is 18.7 Å². The van der Waals surface area contributed by atoms with Crippen LogP contribution in [0, 0.1) is 0 Å². The van der Waals surface area contributed by atoms with Crippen LogP contribution in [-0.2, 0) is 0 Å². The van der Waals surface area contributed by atoms with Gasteiger partial charge in [0.2, 0.25) is 0 Å². The number of aromatic carboxylic acids is 1. The molecule has 1 aromatic heterocycles. The molecule has 0 spiro atoms. The summed E-state index contributed by atoms with van der Waals surface area (Å²) in [6, 6.07) is 4.47. The van der Waals surface area contributed by atoms with Gasteiger partial charge in [0.25, 0.3) is 5.19 Å². The van der Waals surface area contributed by atoms with E-state index in [9.17, 15) is 4.79 Å². The van der Waals surface area contributed by atoms with Crippen LogP contribution in [0.3, 0.4) is 0 Å². The smallest absolute Gasteiger partial charge is 0.337 e. The second-order valence-corrected chi connectivity index (χ2v) is 5.36. The lowest BCUT2D eigenvalue weighted by atomic mass is 10.2. The fourth-order valence-electron chi connectivity index (χ4n) is 1.60. The Hall–Kier alpha value is -1.66. The quantitative estimate of drug-likeness (QED) is 0.934. The van der Waals surface area contributed by atoms with Crippen LogP contribution >= 0.6 is 23.1 Å². The van der Waals surface area contributed by atoms with E-state index in [1.54, 1.807) is 6.07 Å². The minimum atomic E-state index is -1.09. The predicted octanol–water partition coefficient (Wildman–Crippen LogP) is 3.56. The van der Waals surface area contributed by atoms with E-state index in [0.29, 0.717) is 16.9 Å². The van der Waals surface area contributed by atoms with Crippen molar-refractivity contribution in [2.45, 2.75) is 18.8 Å². The van der Waals surface area contributed by atoms with E-state index < -0.39 is 5.97 Å². The van der Waals surface area contributed by atoms with Gasteiger partial charge >= 0.3 is 5.97 Å². The molecule has 0 bridgehead atoms. The Balaban J connectivity index is 1.81. The van der Waals surface area contributed by atoms with Gasteiger partial charge in [0.1, 0.15) is 11.6 Å². The third kappa shape index (κ3) is 2.69. The van der Waals surface area contributed by atoms with Gasteiger partial charge in [-0.05, 0) is 31.0 Å². The van der Waals surface area contributed by atoms with Gasteiger partial charge in [-0.3, -0.25) is 0 Å². The first kappa shape index (κ1) is 12.4. The summed E-state index contributed by atoms with van der Waals surface area (Å²) in [5, 5.41) is 9.57. The number of rotatable bonds is 4.